The van der Waals surface area contributed by atoms with Gasteiger partial charge in [0.15, 0.2) is 0 Å². The summed E-state index contributed by atoms with van der Waals surface area (Å²) in [6.07, 6.45) is 0. The molecule has 0 saturated carbocycles. The van der Waals surface area contributed by atoms with E-state index in [0.717, 1.165) is 0 Å². The summed E-state index contributed by atoms with van der Waals surface area (Å²) in [5.74, 6) is -4.37. The Balaban J connectivity index is -0.0000000208. The fourth-order valence-corrected chi connectivity index (χ4v) is 0. The smallest absolute Gasteiger partial charge is 0.870 e. The van der Waals surface area contributed by atoms with Gasteiger partial charge in [-0.3, -0.25) is 0 Å². The average molecular weight is 233 g/mol. The molecule has 0 fully saturated rings. The van der Waals surface area contributed by atoms with E-state index in [1.807, 2.05) is 0 Å². The van der Waals surface area contributed by atoms with Gasteiger partial charge in [0.05, 0.1) is 11.9 Å². The number of hydrogen-bond acceptors (Lipinski definition) is 6. The minimum atomic E-state index is -2.19. The molecular weight excluding hydrogens is 227 g/mol. The van der Waals surface area contributed by atoms with Gasteiger partial charge in [0.2, 0.25) is 0 Å². The van der Waals surface area contributed by atoms with Crippen molar-refractivity contribution in [3.8, 4) is 0 Å². The predicted octanol–water partition coefficient (Wildman–Crippen LogP) is -4.36. The fraction of sp³-hybridized carbons (Fsp3) is 0. The van der Waals surface area contributed by atoms with Gasteiger partial charge in [-0.2, -0.15) is 0 Å². The Hall–Kier alpha value is -0.440. The van der Waals surface area contributed by atoms with Crippen molar-refractivity contribution >= 4 is 11.9 Å². The van der Waals surface area contributed by atoms with Crippen LogP contribution in [0.2, 0.25) is 0 Å². The van der Waals surface area contributed by atoms with E-state index < -0.39 is 11.9 Å². The van der Waals surface area contributed by atoms with Crippen molar-refractivity contribution in [1.82, 2.24) is 6.15 Å². The molecule has 6 N–H and O–H groups in total. The summed E-state index contributed by atoms with van der Waals surface area (Å²) < 4.78 is 0. The van der Waals surface area contributed by atoms with Crippen LogP contribution in [0.25, 0.3) is 0 Å². The van der Waals surface area contributed by atoms with E-state index in [2.05, 4.69) is 0 Å². The van der Waals surface area contributed by atoms with Crippen LogP contribution in [0.4, 0.5) is 0 Å². The fourth-order valence-electron chi connectivity index (χ4n) is 0. The van der Waals surface area contributed by atoms with Crippen LogP contribution >= 0.6 is 0 Å². The van der Waals surface area contributed by atoms with Crippen LogP contribution in [-0.4, -0.2) is 22.9 Å². The van der Waals surface area contributed by atoms with Gasteiger partial charge in [0.1, 0.15) is 0 Å². The zero-order valence-corrected chi connectivity index (χ0v) is 6.93. The summed E-state index contributed by atoms with van der Waals surface area (Å²) in [6, 6.07) is 0. The second-order valence-electron chi connectivity index (χ2n) is 0.575. The quantitative estimate of drug-likeness (QED) is 0.326. The topological polar surface area (TPSA) is 177 Å². The number of hydrogen-bond donors (Lipinski definition) is 1. The van der Waals surface area contributed by atoms with Crippen LogP contribution in [0.3, 0.4) is 0 Å². The Labute approximate surface area is 71.7 Å². The van der Waals surface area contributed by atoms with E-state index in [1.54, 1.807) is 0 Å². The van der Waals surface area contributed by atoms with Gasteiger partial charge in [-0.1, -0.05) is 0 Å². The van der Waals surface area contributed by atoms with Gasteiger partial charge in [0.25, 0.3) is 0 Å². The molecule has 0 aromatic carbocycles. The summed E-state index contributed by atoms with van der Waals surface area (Å²) in [4.78, 5) is 17.9. The Morgan fingerprint density at radius 1 is 1.00 bits per heavy atom. The normalized spacial score (nSPS) is 4.40. The van der Waals surface area contributed by atoms with Crippen molar-refractivity contribution in [2.75, 3.05) is 0 Å². The molecule has 7 nitrogen and oxygen atoms in total. The van der Waals surface area contributed by atoms with Crippen LogP contribution in [0.15, 0.2) is 0 Å². The number of carboxylic acid groups (broad SMARTS) is 2. The molecule has 0 amide bonds. The molecule has 0 aliphatic rings. The minimum Gasteiger partial charge on any atom is -0.870 e. The van der Waals surface area contributed by atoms with Crippen molar-refractivity contribution in [3.05, 3.63) is 0 Å². The summed E-state index contributed by atoms with van der Waals surface area (Å²) in [6.45, 7) is 0. The molecule has 0 aromatic heterocycles. The molecule has 0 bridgehead atoms. The maximum absolute atomic E-state index is 8.93. The first-order chi connectivity index (χ1) is 2.64. The average Bonchev–Trinajstić information content (AvgIpc) is 1.36. The maximum atomic E-state index is 8.93. The zero-order chi connectivity index (χ0) is 5.15. The largest absolute Gasteiger partial charge is 3.00 e. The molecule has 0 aromatic rings. The van der Waals surface area contributed by atoms with Crippen LogP contribution in [-0.2, 0) is 32.0 Å². The minimum absolute atomic E-state index is 0. The summed E-state index contributed by atoms with van der Waals surface area (Å²) in [7, 11) is 0. The van der Waals surface area contributed by atoms with Gasteiger partial charge < -0.3 is 36.9 Å². The number of aliphatic carboxylic acids is 2. The van der Waals surface area contributed by atoms with Crippen LogP contribution < -0.4 is 16.4 Å². The first-order valence-electron chi connectivity index (χ1n) is 1.07. The molecule has 8 heteroatoms. The summed E-state index contributed by atoms with van der Waals surface area (Å²) in [5, 5.41) is 17.9. The Bertz CT molecular complexity index is 81.7. The molecule has 0 atom stereocenters. The van der Waals surface area contributed by atoms with E-state index >= 15 is 0 Å². The van der Waals surface area contributed by atoms with Crippen LogP contribution in [0, 0.1) is 0 Å². The number of carbonyl (C=O) groups excluding carboxylic acids is 2. The van der Waals surface area contributed by atoms with Gasteiger partial charge in [-0.25, -0.2) is 0 Å². The first-order valence-corrected chi connectivity index (χ1v) is 1.07. The van der Waals surface area contributed by atoms with Crippen molar-refractivity contribution in [2.24, 2.45) is 0 Å². The van der Waals surface area contributed by atoms with Gasteiger partial charge in [-0.05, 0) is 0 Å². The van der Waals surface area contributed by atoms with Crippen molar-refractivity contribution in [2.45, 2.75) is 0 Å². The predicted molar refractivity (Wildman–Crippen MR) is 20.6 cm³/mol. The van der Waals surface area contributed by atoms with Crippen molar-refractivity contribution in [1.29, 1.82) is 0 Å². The van der Waals surface area contributed by atoms with Crippen LogP contribution in [0.1, 0.15) is 0 Å². The molecule has 0 heterocycles. The second-order valence-corrected chi connectivity index (χ2v) is 0.575. The van der Waals surface area contributed by atoms with E-state index in [9.17, 15) is 0 Å². The molecule has 0 unspecified atom stereocenters. The number of carbonyl (C=O) groups is 2. The summed E-state index contributed by atoms with van der Waals surface area (Å²) in [5.41, 5.74) is 0. The standard InChI is InChI=1S/C2H2O4.H3N.Nb.2H2O/c3-1(4)2(5)6;;;;/h(H,3,4)(H,5,6);1H3;;2*1H2/q;;+3;;/p-3. The van der Waals surface area contributed by atoms with Crippen LogP contribution in [0.5, 0.6) is 0 Å². The molecular formula is C2H6NNbO6. The maximum Gasteiger partial charge on any atom is 3.00 e. The van der Waals surface area contributed by atoms with Gasteiger partial charge in [-0.15, -0.1) is 0 Å². The van der Waals surface area contributed by atoms with Crippen molar-refractivity contribution < 1.29 is 53.1 Å². The Morgan fingerprint density at radius 2 is 1.10 bits per heavy atom. The van der Waals surface area contributed by atoms with Gasteiger partial charge in [0, 0.05) is 0 Å². The third-order valence-corrected chi connectivity index (χ3v) is 0.167. The SMILES string of the molecule is N.O.O=C([O-])C(=O)[O-].[Nb+3].[OH-]. The number of carboxylic acids is 2. The molecule has 0 aliphatic carbocycles. The van der Waals surface area contributed by atoms with Gasteiger partial charge >= 0.3 is 22.4 Å². The molecule has 60 valence electrons. The Kier molecular flexibility index (Phi) is 53.3. The molecule has 0 saturated heterocycles. The number of rotatable bonds is 0. The molecule has 0 rings (SSSR count). The zero-order valence-electron chi connectivity index (χ0n) is 4.73. The molecule has 0 spiro atoms. The molecule has 0 aliphatic heterocycles. The van der Waals surface area contributed by atoms with E-state index in [-0.39, 0.29) is 39.5 Å². The Morgan fingerprint density at radius 3 is 1.10 bits per heavy atom. The van der Waals surface area contributed by atoms with Crippen molar-refractivity contribution in [3.63, 3.8) is 0 Å². The summed E-state index contributed by atoms with van der Waals surface area (Å²) >= 11 is 0. The first kappa shape index (κ1) is 33.7. The van der Waals surface area contributed by atoms with E-state index in [4.69, 9.17) is 19.8 Å². The van der Waals surface area contributed by atoms with E-state index in [1.165, 1.54) is 0 Å². The molecule has 0 radical (unpaired) electrons. The third-order valence-electron chi connectivity index (χ3n) is 0.167. The molecule has 10 heavy (non-hydrogen) atoms. The monoisotopic (exact) mass is 233 g/mol. The second kappa shape index (κ2) is 15.8. The van der Waals surface area contributed by atoms with E-state index in [0.29, 0.717) is 0 Å². The third kappa shape index (κ3) is 25.7.